The first-order valence-electron chi connectivity index (χ1n) is 8.09. The molecule has 124 valence electrons. The maximum absolute atomic E-state index is 12.7. The van der Waals surface area contributed by atoms with Gasteiger partial charge < -0.3 is 9.26 Å². The average Bonchev–Trinajstić information content (AvgIpc) is 3.43. The summed E-state index contributed by atoms with van der Waals surface area (Å²) in [6.07, 6.45) is 2.13. The molecule has 25 heavy (non-hydrogen) atoms. The monoisotopic (exact) mass is 333 g/mol. The first-order valence-corrected chi connectivity index (χ1v) is 8.09. The van der Waals surface area contributed by atoms with Gasteiger partial charge in [-0.05, 0) is 31.9 Å². The minimum absolute atomic E-state index is 0.0372. The summed E-state index contributed by atoms with van der Waals surface area (Å²) < 4.78 is 10.7. The molecule has 1 fully saturated rings. The van der Waals surface area contributed by atoms with Crippen LogP contribution in [0.25, 0.3) is 11.1 Å². The van der Waals surface area contributed by atoms with Crippen molar-refractivity contribution in [3.8, 4) is 6.07 Å². The second kappa shape index (κ2) is 6.02. The molecule has 0 amide bonds. The van der Waals surface area contributed by atoms with E-state index in [0.29, 0.717) is 39.4 Å². The predicted molar refractivity (Wildman–Crippen MR) is 88.8 cm³/mol. The summed E-state index contributed by atoms with van der Waals surface area (Å²) in [4.78, 5) is 17.1. The lowest BCUT2D eigenvalue weighted by Gasteiger charge is -2.08. The number of benzene rings is 1. The van der Waals surface area contributed by atoms with E-state index in [-0.39, 0.29) is 6.61 Å². The van der Waals surface area contributed by atoms with Gasteiger partial charge in [-0.2, -0.15) is 5.26 Å². The Labute approximate surface area is 144 Å². The van der Waals surface area contributed by atoms with Crippen molar-refractivity contribution in [2.75, 3.05) is 0 Å². The molecule has 0 N–H and O–H groups in total. The van der Waals surface area contributed by atoms with E-state index in [0.717, 1.165) is 18.5 Å². The molecule has 6 nitrogen and oxygen atoms in total. The summed E-state index contributed by atoms with van der Waals surface area (Å²) >= 11 is 0. The quantitative estimate of drug-likeness (QED) is 0.677. The zero-order valence-electron chi connectivity index (χ0n) is 13.7. The van der Waals surface area contributed by atoms with E-state index in [1.165, 1.54) is 0 Å². The molecule has 2 aromatic heterocycles. The third-order valence-corrected chi connectivity index (χ3v) is 4.35. The number of nitrogens with zero attached hydrogens (tertiary/aromatic N) is 3. The van der Waals surface area contributed by atoms with E-state index in [1.807, 2.05) is 6.07 Å². The lowest BCUT2D eigenvalue weighted by atomic mass is 10.1. The van der Waals surface area contributed by atoms with Crippen molar-refractivity contribution in [3.63, 3.8) is 0 Å². The van der Waals surface area contributed by atoms with Gasteiger partial charge in [-0.1, -0.05) is 23.4 Å². The normalized spacial score (nSPS) is 13.6. The van der Waals surface area contributed by atoms with Crippen molar-refractivity contribution in [2.45, 2.75) is 32.3 Å². The molecule has 4 rings (SSSR count). The Morgan fingerprint density at radius 2 is 2.20 bits per heavy atom. The number of carbonyl (C=O) groups excluding carboxylic acids is 1. The number of nitriles is 1. The van der Waals surface area contributed by atoms with Crippen LogP contribution < -0.4 is 0 Å². The van der Waals surface area contributed by atoms with Crippen LogP contribution in [0.4, 0.5) is 0 Å². The molecule has 0 radical (unpaired) electrons. The van der Waals surface area contributed by atoms with E-state index in [9.17, 15) is 4.79 Å². The Morgan fingerprint density at radius 1 is 1.40 bits per heavy atom. The first kappa shape index (κ1) is 15.3. The van der Waals surface area contributed by atoms with Crippen LogP contribution in [-0.2, 0) is 11.3 Å². The highest BCUT2D eigenvalue weighted by atomic mass is 16.5. The summed E-state index contributed by atoms with van der Waals surface area (Å²) in [7, 11) is 0. The Hall–Kier alpha value is -3.20. The fourth-order valence-corrected chi connectivity index (χ4v) is 2.84. The van der Waals surface area contributed by atoms with Crippen LogP contribution in [-0.4, -0.2) is 16.1 Å². The van der Waals surface area contributed by atoms with E-state index in [2.05, 4.69) is 16.2 Å². The van der Waals surface area contributed by atoms with Crippen molar-refractivity contribution in [2.24, 2.45) is 0 Å². The molecular weight excluding hydrogens is 318 g/mol. The summed E-state index contributed by atoms with van der Waals surface area (Å²) in [6, 6.07) is 10.9. The topological polar surface area (TPSA) is 89.0 Å². The number of esters is 1. The van der Waals surface area contributed by atoms with Gasteiger partial charge >= 0.3 is 5.97 Å². The van der Waals surface area contributed by atoms with E-state index >= 15 is 0 Å². The second-order valence-electron chi connectivity index (χ2n) is 6.16. The number of hydrogen-bond acceptors (Lipinski definition) is 6. The third-order valence-electron chi connectivity index (χ3n) is 4.35. The first-order chi connectivity index (χ1) is 12.2. The van der Waals surface area contributed by atoms with Crippen molar-refractivity contribution < 1.29 is 14.1 Å². The van der Waals surface area contributed by atoms with Crippen LogP contribution in [0, 0.1) is 18.3 Å². The summed E-state index contributed by atoms with van der Waals surface area (Å²) in [5.74, 6) is -0.0889. The molecule has 0 unspecified atom stereocenters. The smallest absolute Gasteiger partial charge is 0.339 e. The van der Waals surface area contributed by atoms with Gasteiger partial charge in [-0.25, -0.2) is 9.78 Å². The number of aromatic nitrogens is 2. The molecule has 0 spiro atoms. The number of hydrogen-bond donors (Lipinski definition) is 0. The molecule has 0 aliphatic heterocycles. The fourth-order valence-electron chi connectivity index (χ4n) is 2.84. The van der Waals surface area contributed by atoms with Crippen LogP contribution in [0.15, 0.2) is 34.9 Å². The number of fused-ring (bicyclic) bond motifs is 1. The molecule has 0 saturated heterocycles. The molecule has 6 heteroatoms. The number of ether oxygens (including phenoxy) is 1. The van der Waals surface area contributed by atoms with Gasteiger partial charge in [0.25, 0.3) is 5.71 Å². The number of carbonyl (C=O) groups is 1. The average molecular weight is 333 g/mol. The highest BCUT2D eigenvalue weighted by Crippen LogP contribution is 2.40. The molecule has 1 aromatic carbocycles. The van der Waals surface area contributed by atoms with Gasteiger partial charge in [0, 0.05) is 17.2 Å². The van der Waals surface area contributed by atoms with Crippen molar-refractivity contribution in [1.82, 2.24) is 10.1 Å². The molecular formula is C19H15N3O3. The standard InChI is InChI=1S/C19H15N3O3/c1-11-17-15(8-16(12-6-7-12)21-18(17)25-22-11)19(23)24-10-14-5-3-2-4-13(14)9-20/h2-5,8,12H,6-7,10H2,1H3. The zero-order chi connectivity index (χ0) is 17.4. The summed E-state index contributed by atoms with van der Waals surface area (Å²) in [5, 5.41) is 13.6. The molecule has 1 aliphatic rings. The van der Waals surface area contributed by atoms with Gasteiger partial charge in [-0.3, -0.25) is 0 Å². The molecule has 0 atom stereocenters. The Morgan fingerprint density at radius 3 is 2.96 bits per heavy atom. The van der Waals surface area contributed by atoms with Gasteiger partial charge in [0.15, 0.2) is 0 Å². The SMILES string of the molecule is Cc1noc2nc(C3CC3)cc(C(=O)OCc3ccccc3C#N)c12. The van der Waals surface area contributed by atoms with Crippen LogP contribution in [0.2, 0.25) is 0 Å². The lowest BCUT2D eigenvalue weighted by molar-refractivity contribution is 0.0474. The highest BCUT2D eigenvalue weighted by Gasteiger charge is 2.29. The van der Waals surface area contributed by atoms with Crippen LogP contribution >= 0.6 is 0 Å². The van der Waals surface area contributed by atoms with E-state index in [1.54, 1.807) is 31.2 Å². The molecule has 0 bridgehead atoms. The molecule has 3 aromatic rings. The maximum Gasteiger partial charge on any atom is 0.339 e. The summed E-state index contributed by atoms with van der Waals surface area (Å²) in [5.41, 5.74) is 3.40. The van der Waals surface area contributed by atoms with Gasteiger partial charge in [-0.15, -0.1) is 0 Å². The molecule has 2 heterocycles. The van der Waals surface area contributed by atoms with Crippen molar-refractivity contribution >= 4 is 17.1 Å². The predicted octanol–water partition coefficient (Wildman–Crippen LogP) is 3.64. The third kappa shape index (κ3) is 2.85. The Kier molecular flexibility index (Phi) is 3.69. The van der Waals surface area contributed by atoms with Gasteiger partial charge in [0.1, 0.15) is 6.61 Å². The number of pyridine rings is 1. The fraction of sp³-hybridized carbons (Fsp3) is 0.263. The Balaban J connectivity index is 1.65. The number of aryl methyl sites for hydroxylation is 1. The highest BCUT2D eigenvalue weighted by molar-refractivity contribution is 6.03. The van der Waals surface area contributed by atoms with Gasteiger partial charge in [0.05, 0.1) is 28.3 Å². The lowest BCUT2D eigenvalue weighted by Crippen LogP contribution is -2.08. The largest absolute Gasteiger partial charge is 0.457 e. The van der Waals surface area contributed by atoms with Crippen molar-refractivity contribution in [1.29, 1.82) is 5.26 Å². The second-order valence-corrected chi connectivity index (χ2v) is 6.16. The van der Waals surface area contributed by atoms with Crippen LogP contribution in [0.3, 0.4) is 0 Å². The maximum atomic E-state index is 12.7. The molecule has 1 aliphatic carbocycles. The van der Waals surface area contributed by atoms with Crippen LogP contribution in [0.5, 0.6) is 0 Å². The number of rotatable bonds is 4. The van der Waals surface area contributed by atoms with Crippen molar-refractivity contribution in [3.05, 3.63) is 58.4 Å². The Bertz CT molecular complexity index is 1010. The van der Waals surface area contributed by atoms with Crippen LogP contribution in [0.1, 0.15) is 51.6 Å². The van der Waals surface area contributed by atoms with E-state index in [4.69, 9.17) is 14.5 Å². The van der Waals surface area contributed by atoms with E-state index < -0.39 is 5.97 Å². The minimum atomic E-state index is -0.464. The molecule has 1 saturated carbocycles. The van der Waals surface area contributed by atoms with Gasteiger partial charge in [0.2, 0.25) is 0 Å². The zero-order valence-corrected chi connectivity index (χ0v) is 13.7. The summed E-state index contributed by atoms with van der Waals surface area (Å²) in [6.45, 7) is 1.81. The minimum Gasteiger partial charge on any atom is -0.457 e.